The summed E-state index contributed by atoms with van der Waals surface area (Å²) in [6.07, 6.45) is -2.11. The maximum Gasteiger partial charge on any atom is 0.416 e. The van der Waals surface area contributed by atoms with Crippen molar-refractivity contribution in [1.29, 1.82) is 0 Å². The van der Waals surface area contributed by atoms with Gasteiger partial charge in [-0.2, -0.15) is 13.2 Å². The molecule has 0 radical (unpaired) electrons. The summed E-state index contributed by atoms with van der Waals surface area (Å²) in [6.45, 7) is 0. The molecule has 1 N–H and O–H groups in total. The van der Waals surface area contributed by atoms with Crippen molar-refractivity contribution in [2.24, 2.45) is 0 Å². The zero-order valence-corrected chi connectivity index (χ0v) is 9.80. The number of benzene rings is 1. The minimum atomic E-state index is -4.35. The van der Waals surface area contributed by atoms with Gasteiger partial charge in [-0.15, -0.1) is 0 Å². The minimum Gasteiger partial charge on any atom is -0.385 e. The number of hydrogen-bond donors (Lipinski definition) is 1. The van der Waals surface area contributed by atoms with Crippen LogP contribution in [-0.4, -0.2) is 15.1 Å². The molecule has 100 valence electrons. The molecule has 6 heteroatoms. The summed E-state index contributed by atoms with van der Waals surface area (Å²) < 4.78 is 37.1. The Morgan fingerprint density at radius 3 is 2.16 bits per heavy atom. The molecule has 0 aliphatic heterocycles. The van der Waals surface area contributed by atoms with Gasteiger partial charge in [-0.1, -0.05) is 12.1 Å². The summed E-state index contributed by atoms with van der Waals surface area (Å²) in [5.41, 5.74) is -0.116. The standard InChI is InChI=1S/C13H11F3N2O/c14-13(15,16)10-4-2-9(3-5-10)8-11(19)12-17-6-1-7-18-12/h1-7,11,19H,8H2. The van der Waals surface area contributed by atoms with Crippen LogP contribution in [0.4, 0.5) is 13.2 Å². The molecular formula is C13H11F3N2O. The van der Waals surface area contributed by atoms with E-state index in [4.69, 9.17) is 0 Å². The molecule has 3 nitrogen and oxygen atoms in total. The van der Waals surface area contributed by atoms with Crippen LogP contribution in [0.1, 0.15) is 23.1 Å². The fourth-order valence-corrected chi connectivity index (χ4v) is 1.63. The smallest absolute Gasteiger partial charge is 0.385 e. The van der Waals surface area contributed by atoms with Crippen LogP contribution in [0.2, 0.25) is 0 Å². The second-order valence-corrected chi connectivity index (χ2v) is 4.02. The third-order valence-electron chi connectivity index (χ3n) is 2.59. The minimum absolute atomic E-state index is 0.169. The van der Waals surface area contributed by atoms with Crippen LogP contribution in [0.25, 0.3) is 0 Å². The molecule has 0 saturated carbocycles. The fraction of sp³-hybridized carbons (Fsp3) is 0.231. The first kappa shape index (κ1) is 13.5. The third-order valence-corrected chi connectivity index (χ3v) is 2.59. The summed E-state index contributed by atoms with van der Waals surface area (Å²) in [5, 5.41) is 9.86. The van der Waals surface area contributed by atoms with E-state index in [0.29, 0.717) is 5.56 Å². The predicted octanol–water partition coefficient (Wildman–Crippen LogP) is 2.77. The monoisotopic (exact) mass is 268 g/mol. The Labute approximate surface area is 107 Å². The number of halogens is 3. The van der Waals surface area contributed by atoms with Crippen LogP contribution in [-0.2, 0) is 12.6 Å². The van der Waals surface area contributed by atoms with E-state index in [1.807, 2.05) is 0 Å². The Morgan fingerprint density at radius 1 is 1.05 bits per heavy atom. The summed E-state index contributed by atoms with van der Waals surface area (Å²) in [4.78, 5) is 7.78. The molecule has 1 unspecified atom stereocenters. The van der Waals surface area contributed by atoms with Gasteiger partial charge in [0.15, 0.2) is 5.82 Å². The van der Waals surface area contributed by atoms with Gasteiger partial charge in [-0.05, 0) is 23.8 Å². The lowest BCUT2D eigenvalue weighted by molar-refractivity contribution is -0.137. The Kier molecular flexibility index (Phi) is 3.80. The van der Waals surface area contributed by atoms with Crippen LogP contribution >= 0.6 is 0 Å². The topological polar surface area (TPSA) is 46.0 Å². The number of nitrogens with zero attached hydrogens (tertiary/aromatic N) is 2. The quantitative estimate of drug-likeness (QED) is 0.931. The highest BCUT2D eigenvalue weighted by atomic mass is 19.4. The third kappa shape index (κ3) is 3.51. The fourth-order valence-electron chi connectivity index (χ4n) is 1.63. The van der Waals surface area contributed by atoms with Crippen molar-refractivity contribution < 1.29 is 18.3 Å². The molecule has 1 atom stereocenters. The van der Waals surface area contributed by atoms with E-state index in [1.54, 1.807) is 6.07 Å². The molecule has 0 spiro atoms. The molecule has 2 aromatic rings. The first-order chi connectivity index (χ1) is 8.97. The summed E-state index contributed by atoms with van der Waals surface area (Å²) in [6, 6.07) is 6.29. The van der Waals surface area contributed by atoms with E-state index in [9.17, 15) is 18.3 Å². The number of aliphatic hydroxyl groups is 1. The Balaban J connectivity index is 2.08. The van der Waals surface area contributed by atoms with Gasteiger partial charge in [-0.25, -0.2) is 9.97 Å². The van der Waals surface area contributed by atoms with Crippen molar-refractivity contribution in [2.45, 2.75) is 18.7 Å². The van der Waals surface area contributed by atoms with Crippen LogP contribution in [0, 0.1) is 0 Å². The van der Waals surface area contributed by atoms with E-state index in [2.05, 4.69) is 9.97 Å². The van der Waals surface area contributed by atoms with Crippen LogP contribution in [0.15, 0.2) is 42.7 Å². The van der Waals surface area contributed by atoms with Crippen LogP contribution in [0.5, 0.6) is 0 Å². The van der Waals surface area contributed by atoms with Crippen molar-refractivity contribution in [1.82, 2.24) is 9.97 Å². The zero-order valence-electron chi connectivity index (χ0n) is 9.80. The second kappa shape index (κ2) is 5.36. The Bertz CT molecular complexity index is 526. The van der Waals surface area contributed by atoms with Crippen molar-refractivity contribution >= 4 is 0 Å². The number of hydrogen-bond acceptors (Lipinski definition) is 3. The van der Waals surface area contributed by atoms with Gasteiger partial charge in [0, 0.05) is 18.8 Å². The lowest BCUT2D eigenvalue weighted by Crippen LogP contribution is -2.07. The van der Waals surface area contributed by atoms with Crippen molar-refractivity contribution in [3.05, 3.63) is 59.7 Å². The SMILES string of the molecule is OC(Cc1ccc(C(F)(F)F)cc1)c1ncccn1. The molecule has 0 aliphatic rings. The van der Waals surface area contributed by atoms with Gasteiger partial charge < -0.3 is 5.11 Å². The van der Waals surface area contributed by atoms with Crippen molar-refractivity contribution in [2.75, 3.05) is 0 Å². The van der Waals surface area contributed by atoms with E-state index < -0.39 is 17.8 Å². The highest BCUT2D eigenvalue weighted by Gasteiger charge is 2.30. The zero-order chi connectivity index (χ0) is 13.9. The molecular weight excluding hydrogens is 257 g/mol. The lowest BCUT2D eigenvalue weighted by Gasteiger charge is -2.10. The molecule has 1 aromatic heterocycles. The predicted molar refractivity (Wildman–Crippen MR) is 62.1 cm³/mol. The first-order valence-electron chi connectivity index (χ1n) is 5.58. The highest BCUT2D eigenvalue weighted by molar-refractivity contribution is 5.25. The van der Waals surface area contributed by atoms with Gasteiger partial charge in [0.2, 0.25) is 0 Å². The molecule has 0 bridgehead atoms. The maximum atomic E-state index is 12.4. The van der Waals surface area contributed by atoms with Gasteiger partial charge in [0.1, 0.15) is 6.10 Å². The number of aliphatic hydroxyl groups excluding tert-OH is 1. The van der Waals surface area contributed by atoms with E-state index in [-0.39, 0.29) is 12.2 Å². The van der Waals surface area contributed by atoms with Gasteiger partial charge in [0.05, 0.1) is 5.56 Å². The molecule has 0 aliphatic carbocycles. The number of alkyl halides is 3. The first-order valence-corrected chi connectivity index (χ1v) is 5.58. The Hall–Kier alpha value is -1.95. The van der Waals surface area contributed by atoms with Gasteiger partial charge in [0.25, 0.3) is 0 Å². The summed E-state index contributed by atoms with van der Waals surface area (Å²) in [5.74, 6) is 0.252. The second-order valence-electron chi connectivity index (χ2n) is 4.02. The normalized spacial score (nSPS) is 13.3. The van der Waals surface area contributed by atoms with E-state index >= 15 is 0 Å². The average Bonchev–Trinajstić information content (AvgIpc) is 2.39. The molecule has 0 fully saturated rings. The maximum absolute atomic E-state index is 12.4. The van der Waals surface area contributed by atoms with Crippen LogP contribution < -0.4 is 0 Å². The molecule has 0 saturated heterocycles. The van der Waals surface area contributed by atoms with E-state index in [0.717, 1.165) is 12.1 Å². The molecule has 1 heterocycles. The van der Waals surface area contributed by atoms with Crippen molar-refractivity contribution in [3.8, 4) is 0 Å². The highest BCUT2D eigenvalue weighted by Crippen LogP contribution is 2.29. The molecule has 2 rings (SSSR count). The molecule has 1 aromatic carbocycles. The van der Waals surface area contributed by atoms with Gasteiger partial charge in [-0.3, -0.25) is 0 Å². The number of aromatic nitrogens is 2. The number of rotatable bonds is 3. The Morgan fingerprint density at radius 2 is 1.63 bits per heavy atom. The van der Waals surface area contributed by atoms with Gasteiger partial charge >= 0.3 is 6.18 Å². The van der Waals surface area contributed by atoms with E-state index in [1.165, 1.54) is 24.5 Å². The average molecular weight is 268 g/mol. The van der Waals surface area contributed by atoms with Crippen LogP contribution in [0.3, 0.4) is 0 Å². The van der Waals surface area contributed by atoms with Crippen molar-refractivity contribution in [3.63, 3.8) is 0 Å². The lowest BCUT2D eigenvalue weighted by atomic mass is 10.1. The molecule has 0 amide bonds. The molecule has 19 heavy (non-hydrogen) atoms. The summed E-state index contributed by atoms with van der Waals surface area (Å²) in [7, 11) is 0. The largest absolute Gasteiger partial charge is 0.416 e. The summed E-state index contributed by atoms with van der Waals surface area (Å²) >= 11 is 0.